The standard InChI is InChI=1S/C22H42N2O2/c1-19(25)24-13-7-20(8-14-24)22(4,5)11-10-21(2,3)9-6-12-23-15-17-26-18-16-23/h20H,6-18H2,1-5H3. The predicted octanol–water partition coefficient (Wildman–Crippen LogP) is 4.19. The molecule has 2 heterocycles. The SMILES string of the molecule is CC(=O)N1CCC(C(C)(C)CCC(C)(C)CCCN2CCOCC2)CC1. The summed E-state index contributed by atoms with van der Waals surface area (Å²) in [5.41, 5.74) is 0.800. The van der Waals surface area contributed by atoms with E-state index in [1.54, 1.807) is 6.92 Å². The molecule has 0 aliphatic carbocycles. The summed E-state index contributed by atoms with van der Waals surface area (Å²) in [6.45, 7) is 18.6. The largest absolute Gasteiger partial charge is 0.379 e. The molecule has 0 bridgehead atoms. The molecular weight excluding hydrogens is 324 g/mol. The van der Waals surface area contributed by atoms with Gasteiger partial charge in [-0.1, -0.05) is 27.7 Å². The zero-order chi connectivity index (χ0) is 19.2. The Morgan fingerprint density at radius 3 is 2.15 bits per heavy atom. The number of morpholine rings is 1. The second-order valence-electron chi connectivity index (χ2n) is 9.99. The average molecular weight is 367 g/mol. The van der Waals surface area contributed by atoms with Gasteiger partial charge in [-0.05, 0) is 61.8 Å². The topological polar surface area (TPSA) is 32.8 Å². The number of rotatable bonds is 8. The molecule has 2 saturated heterocycles. The number of likely N-dealkylation sites (tertiary alicyclic amines) is 1. The summed E-state index contributed by atoms with van der Waals surface area (Å²) in [7, 11) is 0. The van der Waals surface area contributed by atoms with Crippen molar-refractivity contribution in [3.05, 3.63) is 0 Å². The van der Waals surface area contributed by atoms with Gasteiger partial charge in [0.25, 0.3) is 0 Å². The first kappa shape index (κ1) is 21.7. The van der Waals surface area contributed by atoms with Crippen molar-refractivity contribution >= 4 is 5.91 Å². The van der Waals surface area contributed by atoms with Gasteiger partial charge < -0.3 is 9.64 Å². The van der Waals surface area contributed by atoms with Crippen LogP contribution in [0.3, 0.4) is 0 Å². The quantitative estimate of drug-likeness (QED) is 0.646. The lowest BCUT2D eigenvalue weighted by molar-refractivity contribution is -0.130. The maximum atomic E-state index is 11.5. The molecule has 0 spiro atoms. The summed E-state index contributed by atoms with van der Waals surface area (Å²) >= 11 is 0. The highest BCUT2D eigenvalue weighted by Gasteiger charge is 2.34. The van der Waals surface area contributed by atoms with Crippen LogP contribution in [-0.2, 0) is 9.53 Å². The van der Waals surface area contributed by atoms with Crippen LogP contribution in [0.1, 0.15) is 73.1 Å². The van der Waals surface area contributed by atoms with Crippen molar-refractivity contribution in [2.45, 2.75) is 73.1 Å². The molecule has 0 atom stereocenters. The van der Waals surface area contributed by atoms with Gasteiger partial charge in [-0.15, -0.1) is 0 Å². The Morgan fingerprint density at radius 1 is 0.962 bits per heavy atom. The zero-order valence-electron chi connectivity index (χ0n) is 18.0. The lowest BCUT2D eigenvalue weighted by Crippen LogP contribution is -2.41. The van der Waals surface area contributed by atoms with E-state index >= 15 is 0 Å². The zero-order valence-corrected chi connectivity index (χ0v) is 18.0. The van der Waals surface area contributed by atoms with Crippen molar-refractivity contribution in [2.75, 3.05) is 45.9 Å². The smallest absolute Gasteiger partial charge is 0.219 e. The maximum absolute atomic E-state index is 11.5. The Bertz CT molecular complexity index is 433. The van der Waals surface area contributed by atoms with Gasteiger partial charge in [0.1, 0.15) is 0 Å². The summed E-state index contributed by atoms with van der Waals surface area (Å²) in [4.78, 5) is 16.1. The lowest BCUT2D eigenvalue weighted by atomic mass is 9.68. The normalized spacial score (nSPS) is 21.2. The first-order valence-corrected chi connectivity index (χ1v) is 10.8. The van der Waals surface area contributed by atoms with Gasteiger partial charge in [0.05, 0.1) is 13.2 Å². The minimum atomic E-state index is 0.239. The fraction of sp³-hybridized carbons (Fsp3) is 0.955. The highest BCUT2D eigenvalue weighted by molar-refractivity contribution is 5.73. The van der Waals surface area contributed by atoms with Crippen LogP contribution in [0.15, 0.2) is 0 Å². The van der Waals surface area contributed by atoms with Crippen molar-refractivity contribution in [2.24, 2.45) is 16.7 Å². The molecule has 0 saturated carbocycles. The number of ether oxygens (including phenoxy) is 1. The summed E-state index contributed by atoms with van der Waals surface area (Å²) in [5.74, 6) is 0.991. The van der Waals surface area contributed by atoms with Gasteiger partial charge in [-0.2, -0.15) is 0 Å². The number of nitrogens with zero attached hydrogens (tertiary/aromatic N) is 2. The second-order valence-corrected chi connectivity index (χ2v) is 9.99. The molecule has 0 unspecified atom stereocenters. The van der Waals surface area contributed by atoms with Crippen molar-refractivity contribution < 1.29 is 9.53 Å². The number of hydrogen-bond donors (Lipinski definition) is 0. The molecule has 152 valence electrons. The van der Waals surface area contributed by atoms with E-state index in [9.17, 15) is 4.79 Å². The fourth-order valence-corrected chi connectivity index (χ4v) is 4.57. The monoisotopic (exact) mass is 366 g/mol. The van der Waals surface area contributed by atoms with Crippen LogP contribution in [0.2, 0.25) is 0 Å². The van der Waals surface area contributed by atoms with E-state index in [2.05, 4.69) is 32.6 Å². The van der Waals surface area contributed by atoms with Crippen LogP contribution in [0.4, 0.5) is 0 Å². The molecule has 26 heavy (non-hydrogen) atoms. The third kappa shape index (κ3) is 6.84. The third-order valence-electron chi connectivity index (χ3n) is 6.92. The molecular formula is C22H42N2O2. The Morgan fingerprint density at radius 2 is 1.58 bits per heavy atom. The number of hydrogen-bond acceptors (Lipinski definition) is 3. The van der Waals surface area contributed by atoms with Gasteiger partial charge in [0.2, 0.25) is 5.91 Å². The minimum Gasteiger partial charge on any atom is -0.379 e. The number of carbonyl (C=O) groups excluding carboxylic acids is 1. The molecule has 2 fully saturated rings. The van der Waals surface area contributed by atoms with Gasteiger partial charge >= 0.3 is 0 Å². The van der Waals surface area contributed by atoms with E-state index < -0.39 is 0 Å². The molecule has 1 amide bonds. The van der Waals surface area contributed by atoms with Crippen LogP contribution in [0, 0.1) is 16.7 Å². The van der Waals surface area contributed by atoms with Crippen LogP contribution >= 0.6 is 0 Å². The number of carbonyl (C=O) groups is 1. The lowest BCUT2D eigenvalue weighted by Gasteiger charge is -2.42. The van der Waals surface area contributed by atoms with E-state index in [1.165, 1.54) is 45.1 Å². The van der Waals surface area contributed by atoms with Crippen molar-refractivity contribution in [3.63, 3.8) is 0 Å². The molecule has 0 aromatic heterocycles. The Kier molecular flexibility index (Phi) is 7.96. The Hall–Kier alpha value is -0.610. The van der Waals surface area contributed by atoms with Gasteiger partial charge in [0.15, 0.2) is 0 Å². The van der Waals surface area contributed by atoms with Crippen LogP contribution in [0.25, 0.3) is 0 Å². The molecule has 0 aromatic rings. The average Bonchev–Trinajstić information content (AvgIpc) is 2.61. The molecule has 4 nitrogen and oxygen atoms in total. The van der Waals surface area contributed by atoms with E-state index in [4.69, 9.17) is 4.74 Å². The summed E-state index contributed by atoms with van der Waals surface area (Å²) in [6, 6.07) is 0. The Labute approximate surface area is 161 Å². The molecule has 0 aromatic carbocycles. The summed E-state index contributed by atoms with van der Waals surface area (Å²) in [6.07, 6.45) is 7.54. The second kappa shape index (κ2) is 9.54. The Balaban J connectivity index is 1.70. The van der Waals surface area contributed by atoms with Crippen molar-refractivity contribution in [3.8, 4) is 0 Å². The van der Waals surface area contributed by atoms with Crippen molar-refractivity contribution in [1.29, 1.82) is 0 Å². The summed E-state index contributed by atoms with van der Waals surface area (Å²) in [5, 5.41) is 0. The summed E-state index contributed by atoms with van der Waals surface area (Å²) < 4.78 is 5.44. The highest BCUT2D eigenvalue weighted by Crippen LogP contribution is 2.42. The number of amides is 1. The maximum Gasteiger partial charge on any atom is 0.219 e. The molecule has 0 radical (unpaired) electrons. The first-order valence-electron chi connectivity index (χ1n) is 10.8. The number of piperidine rings is 1. The molecule has 0 N–H and O–H groups in total. The highest BCUT2D eigenvalue weighted by atomic mass is 16.5. The van der Waals surface area contributed by atoms with Gasteiger partial charge in [-0.25, -0.2) is 0 Å². The minimum absolute atomic E-state index is 0.239. The van der Waals surface area contributed by atoms with E-state index in [0.29, 0.717) is 10.8 Å². The first-order chi connectivity index (χ1) is 12.2. The molecule has 4 heteroatoms. The van der Waals surface area contributed by atoms with Crippen molar-refractivity contribution in [1.82, 2.24) is 9.80 Å². The molecule has 2 aliphatic heterocycles. The van der Waals surface area contributed by atoms with Crippen LogP contribution < -0.4 is 0 Å². The van der Waals surface area contributed by atoms with Gasteiger partial charge in [-0.3, -0.25) is 9.69 Å². The molecule has 2 rings (SSSR count). The van der Waals surface area contributed by atoms with Gasteiger partial charge in [0, 0.05) is 33.1 Å². The van der Waals surface area contributed by atoms with E-state index in [1.807, 2.05) is 4.90 Å². The predicted molar refractivity (Wildman–Crippen MR) is 108 cm³/mol. The van der Waals surface area contributed by atoms with E-state index in [0.717, 1.165) is 45.3 Å². The van der Waals surface area contributed by atoms with E-state index in [-0.39, 0.29) is 5.91 Å². The fourth-order valence-electron chi connectivity index (χ4n) is 4.57. The molecule has 2 aliphatic rings. The third-order valence-corrected chi connectivity index (χ3v) is 6.92. The van der Waals surface area contributed by atoms with Crippen LogP contribution in [0.5, 0.6) is 0 Å². The van der Waals surface area contributed by atoms with Crippen LogP contribution in [-0.4, -0.2) is 61.6 Å².